The van der Waals surface area contributed by atoms with Gasteiger partial charge in [0.2, 0.25) is 5.13 Å². The molecule has 114 valence electrons. The normalized spacial score (nSPS) is 11.2. The molecule has 23 heavy (non-hydrogen) atoms. The van der Waals surface area contributed by atoms with Gasteiger partial charge < -0.3 is 4.42 Å². The second-order valence-electron chi connectivity index (χ2n) is 5.12. The predicted molar refractivity (Wildman–Crippen MR) is 91.0 cm³/mol. The van der Waals surface area contributed by atoms with Gasteiger partial charge in [0, 0.05) is 16.3 Å². The third-order valence-electron chi connectivity index (χ3n) is 3.63. The van der Waals surface area contributed by atoms with E-state index >= 15 is 0 Å². The van der Waals surface area contributed by atoms with E-state index in [9.17, 15) is 4.79 Å². The molecule has 1 N–H and O–H groups in total. The van der Waals surface area contributed by atoms with Gasteiger partial charge in [-0.25, -0.2) is 0 Å². The minimum Gasteiger partial charge on any atom is -0.456 e. The molecule has 2 aromatic heterocycles. The maximum atomic E-state index is 12.4. The molecule has 0 saturated heterocycles. The summed E-state index contributed by atoms with van der Waals surface area (Å²) in [6, 6.07) is 13.2. The van der Waals surface area contributed by atoms with E-state index in [0.717, 1.165) is 33.4 Å². The number of benzene rings is 2. The Balaban J connectivity index is 1.70. The molecule has 0 bridgehead atoms. The van der Waals surface area contributed by atoms with Gasteiger partial charge in [-0.2, -0.15) is 0 Å². The molecule has 0 aliphatic rings. The van der Waals surface area contributed by atoms with Crippen LogP contribution in [-0.4, -0.2) is 16.1 Å². The summed E-state index contributed by atoms with van der Waals surface area (Å²) in [6.45, 7) is 2.00. The Hall–Kier alpha value is -2.73. The molecule has 6 heteroatoms. The number of aromatic nitrogens is 2. The molecular weight excluding hydrogens is 310 g/mol. The SMILES string of the molecule is CCc1nnc(NC(=O)c2ccc3oc4ccccc4c3c2)s1. The molecule has 0 aliphatic carbocycles. The lowest BCUT2D eigenvalue weighted by Gasteiger charge is -2.01. The molecule has 4 aromatic rings. The molecule has 5 nitrogen and oxygen atoms in total. The summed E-state index contributed by atoms with van der Waals surface area (Å²) in [4.78, 5) is 12.4. The minimum atomic E-state index is -0.198. The monoisotopic (exact) mass is 323 g/mol. The second kappa shape index (κ2) is 5.48. The van der Waals surface area contributed by atoms with Crippen LogP contribution in [0.5, 0.6) is 0 Å². The van der Waals surface area contributed by atoms with E-state index in [1.165, 1.54) is 11.3 Å². The molecule has 2 heterocycles. The van der Waals surface area contributed by atoms with E-state index < -0.39 is 0 Å². The lowest BCUT2D eigenvalue weighted by molar-refractivity contribution is 0.102. The summed E-state index contributed by atoms with van der Waals surface area (Å²) in [5.41, 5.74) is 2.15. The van der Waals surface area contributed by atoms with Crippen LogP contribution in [-0.2, 0) is 6.42 Å². The van der Waals surface area contributed by atoms with Crippen LogP contribution >= 0.6 is 11.3 Å². The first kappa shape index (κ1) is 13.9. The van der Waals surface area contributed by atoms with Crippen molar-refractivity contribution < 1.29 is 9.21 Å². The van der Waals surface area contributed by atoms with Crippen molar-refractivity contribution in [2.75, 3.05) is 5.32 Å². The number of anilines is 1. The number of carbonyl (C=O) groups excluding carboxylic acids is 1. The molecule has 4 rings (SSSR count). The number of nitrogens with zero attached hydrogens (tertiary/aromatic N) is 2. The van der Waals surface area contributed by atoms with Gasteiger partial charge in [0.25, 0.3) is 5.91 Å². The number of nitrogens with one attached hydrogen (secondary N) is 1. The van der Waals surface area contributed by atoms with Gasteiger partial charge in [0.15, 0.2) is 0 Å². The first-order chi connectivity index (χ1) is 11.2. The number of para-hydroxylation sites is 1. The summed E-state index contributed by atoms with van der Waals surface area (Å²) in [5.74, 6) is -0.198. The highest BCUT2D eigenvalue weighted by Crippen LogP contribution is 2.29. The zero-order chi connectivity index (χ0) is 15.8. The van der Waals surface area contributed by atoms with Crippen LogP contribution in [0.4, 0.5) is 5.13 Å². The Morgan fingerprint density at radius 3 is 2.78 bits per heavy atom. The number of carbonyl (C=O) groups is 1. The Morgan fingerprint density at radius 1 is 1.13 bits per heavy atom. The molecule has 0 spiro atoms. The lowest BCUT2D eigenvalue weighted by atomic mass is 10.1. The Labute approximate surface area is 136 Å². The number of fused-ring (bicyclic) bond motifs is 3. The topological polar surface area (TPSA) is 68.0 Å². The average molecular weight is 323 g/mol. The summed E-state index contributed by atoms with van der Waals surface area (Å²) in [5, 5.41) is 14.1. The van der Waals surface area contributed by atoms with E-state index in [1.807, 2.05) is 43.3 Å². The third-order valence-corrected chi connectivity index (χ3v) is 4.61. The van der Waals surface area contributed by atoms with Gasteiger partial charge in [-0.15, -0.1) is 10.2 Å². The van der Waals surface area contributed by atoms with Crippen LogP contribution in [0.25, 0.3) is 21.9 Å². The first-order valence-corrected chi connectivity index (χ1v) is 8.11. The fraction of sp³-hybridized carbons (Fsp3) is 0.118. The van der Waals surface area contributed by atoms with Crippen LogP contribution in [0, 0.1) is 0 Å². The van der Waals surface area contributed by atoms with Crippen molar-refractivity contribution in [3.63, 3.8) is 0 Å². The minimum absolute atomic E-state index is 0.198. The summed E-state index contributed by atoms with van der Waals surface area (Å²) < 4.78 is 5.77. The number of furan rings is 1. The number of amides is 1. The van der Waals surface area contributed by atoms with Crippen molar-refractivity contribution in [2.24, 2.45) is 0 Å². The molecule has 2 aromatic carbocycles. The Kier molecular flexibility index (Phi) is 3.31. The number of rotatable bonds is 3. The fourth-order valence-corrected chi connectivity index (χ4v) is 3.16. The van der Waals surface area contributed by atoms with Gasteiger partial charge in [-0.05, 0) is 30.7 Å². The van der Waals surface area contributed by atoms with Gasteiger partial charge in [-0.3, -0.25) is 10.1 Å². The Morgan fingerprint density at radius 2 is 1.96 bits per heavy atom. The Bertz CT molecular complexity index is 1020. The van der Waals surface area contributed by atoms with Crippen molar-refractivity contribution in [1.82, 2.24) is 10.2 Å². The molecule has 0 radical (unpaired) electrons. The van der Waals surface area contributed by atoms with Crippen molar-refractivity contribution in [2.45, 2.75) is 13.3 Å². The van der Waals surface area contributed by atoms with E-state index in [2.05, 4.69) is 15.5 Å². The molecule has 0 saturated carbocycles. The largest absolute Gasteiger partial charge is 0.456 e. The van der Waals surface area contributed by atoms with Gasteiger partial charge in [-0.1, -0.05) is 36.5 Å². The van der Waals surface area contributed by atoms with Crippen molar-refractivity contribution in [3.8, 4) is 0 Å². The maximum Gasteiger partial charge on any atom is 0.257 e. The molecule has 0 unspecified atom stereocenters. The van der Waals surface area contributed by atoms with Crippen molar-refractivity contribution >= 4 is 44.3 Å². The van der Waals surface area contributed by atoms with E-state index in [-0.39, 0.29) is 5.91 Å². The second-order valence-corrected chi connectivity index (χ2v) is 6.18. The van der Waals surface area contributed by atoms with Gasteiger partial charge in [0.1, 0.15) is 16.2 Å². The van der Waals surface area contributed by atoms with Crippen LogP contribution < -0.4 is 5.32 Å². The smallest absolute Gasteiger partial charge is 0.257 e. The lowest BCUT2D eigenvalue weighted by Crippen LogP contribution is -2.11. The summed E-state index contributed by atoms with van der Waals surface area (Å²) in [7, 11) is 0. The molecule has 0 aliphatic heterocycles. The van der Waals surface area contributed by atoms with Gasteiger partial charge >= 0.3 is 0 Å². The maximum absolute atomic E-state index is 12.4. The van der Waals surface area contributed by atoms with Crippen molar-refractivity contribution in [3.05, 3.63) is 53.0 Å². The van der Waals surface area contributed by atoms with Crippen LogP contribution in [0.2, 0.25) is 0 Å². The molecule has 0 fully saturated rings. The van der Waals surface area contributed by atoms with Gasteiger partial charge in [0.05, 0.1) is 0 Å². The zero-order valence-electron chi connectivity index (χ0n) is 12.4. The van der Waals surface area contributed by atoms with Crippen molar-refractivity contribution in [1.29, 1.82) is 0 Å². The predicted octanol–water partition coefficient (Wildman–Crippen LogP) is 4.25. The van der Waals surface area contributed by atoms with Crippen LogP contribution in [0.1, 0.15) is 22.3 Å². The highest BCUT2D eigenvalue weighted by atomic mass is 32.1. The first-order valence-electron chi connectivity index (χ1n) is 7.29. The fourth-order valence-electron chi connectivity index (χ4n) is 2.48. The third kappa shape index (κ3) is 2.47. The van der Waals surface area contributed by atoms with Crippen LogP contribution in [0.15, 0.2) is 46.9 Å². The molecule has 1 amide bonds. The summed E-state index contributed by atoms with van der Waals surface area (Å²) in [6.07, 6.45) is 0.806. The highest BCUT2D eigenvalue weighted by molar-refractivity contribution is 7.15. The number of aryl methyl sites for hydroxylation is 1. The van der Waals surface area contributed by atoms with E-state index in [1.54, 1.807) is 6.07 Å². The average Bonchev–Trinajstić information content (AvgIpc) is 3.18. The molecule has 0 atom stereocenters. The van der Waals surface area contributed by atoms with E-state index in [0.29, 0.717) is 10.7 Å². The van der Waals surface area contributed by atoms with Crippen LogP contribution in [0.3, 0.4) is 0 Å². The summed E-state index contributed by atoms with van der Waals surface area (Å²) >= 11 is 1.39. The zero-order valence-corrected chi connectivity index (χ0v) is 13.2. The quantitative estimate of drug-likeness (QED) is 0.612. The number of hydrogen-bond donors (Lipinski definition) is 1. The molecular formula is C17H13N3O2S. The number of hydrogen-bond acceptors (Lipinski definition) is 5. The highest BCUT2D eigenvalue weighted by Gasteiger charge is 2.13. The van der Waals surface area contributed by atoms with E-state index in [4.69, 9.17) is 4.42 Å². The standard InChI is InChI=1S/C17H13N3O2S/c1-2-15-19-20-17(23-15)18-16(21)10-7-8-14-12(9-10)11-5-3-4-6-13(11)22-14/h3-9H,2H2,1H3,(H,18,20,21).